The van der Waals surface area contributed by atoms with Gasteiger partial charge in [-0.25, -0.2) is 0 Å². The van der Waals surface area contributed by atoms with Gasteiger partial charge < -0.3 is 9.84 Å². The SMILES string of the molecule is CC(C)[S+](/N=C(\[O-])O[C@@H](c1ccccc1)C(Cl)(Cl)Cl)c1ccc2ccccc2c1. The highest BCUT2D eigenvalue weighted by molar-refractivity contribution is 7.96. The largest absolute Gasteiger partial charge is 0.585 e. The third-order valence-corrected chi connectivity index (χ3v) is 6.77. The fourth-order valence-electron chi connectivity index (χ4n) is 2.88. The second kappa shape index (κ2) is 9.48. The predicted octanol–water partition coefficient (Wildman–Crippen LogP) is 5.98. The molecule has 0 aliphatic rings. The predicted molar refractivity (Wildman–Crippen MR) is 123 cm³/mol. The van der Waals surface area contributed by atoms with Gasteiger partial charge in [0.05, 0.1) is 6.10 Å². The first-order valence-corrected chi connectivity index (χ1v) is 11.4. The van der Waals surface area contributed by atoms with Gasteiger partial charge >= 0.3 is 0 Å². The molecule has 0 aromatic heterocycles. The molecule has 1 unspecified atom stereocenters. The summed E-state index contributed by atoms with van der Waals surface area (Å²) in [4.78, 5) is 0.959. The average Bonchev–Trinajstić information content (AvgIpc) is 2.69. The number of rotatable bonds is 5. The van der Waals surface area contributed by atoms with Crippen LogP contribution in [0.5, 0.6) is 0 Å². The molecule has 29 heavy (non-hydrogen) atoms. The van der Waals surface area contributed by atoms with Crippen LogP contribution in [0.4, 0.5) is 0 Å². The molecule has 0 N–H and O–H groups in total. The fourth-order valence-corrected chi connectivity index (χ4v) is 4.91. The van der Waals surface area contributed by atoms with Gasteiger partial charge in [0, 0.05) is 6.07 Å². The maximum Gasteiger partial charge on any atom is 0.206 e. The van der Waals surface area contributed by atoms with E-state index in [0.29, 0.717) is 5.56 Å². The number of nitrogens with zero attached hydrogens (tertiary/aromatic N) is 1. The Morgan fingerprint density at radius 3 is 2.17 bits per heavy atom. The van der Waals surface area contributed by atoms with Gasteiger partial charge in [-0.3, -0.25) is 0 Å². The molecule has 0 fully saturated rings. The summed E-state index contributed by atoms with van der Waals surface area (Å²) >= 11 is 17.5. The number of halogens is 3. The molecule has 152 valence electrons. The Balaban J connectivity index is 1.91. The van der Waals surface area contributed by atoms with Crippen LogP contribution in [0, 0.1) is 0 Å². The normalized spacial score (nSPS) is 14.8. The molecule has 3 rings (SSSR count). The number of hydrogen-bond donors (Lipinski definition) is 0. The highest BCUT2D eigenvalue weighted by Gasteiger charge is 2.33. The van der Waals surface area contributed by atoms with Crippen LogP contribution in [0.25, 0.3) is 10.8 Å². The number of benzene rings is 3. The molecule has 0 heterocycles. The second-order valence-corrected chi connectivity index (χ2v) is 11.3. The Morgan fingerprint density at radius 2 is 1.55 bits per heavy atom. The summed E-state index contributed by atoms with van der Waals surface area (Å²) < 4.78 is 8.01. The molecule has 3 nitrogen and oxygen atoms in total. The lowest BCUT2D eigenvalue weighted by Gasteiger charge is -2.31. The first-order chi connectivity index (χ1) is 13.8. The summed E-state index contributed by atoms with van der Waals surface area (Å²) in [5.74, 6) is 0. The van der Waals surface area contributed by atoms with Crippen LogP contribution >= 0.6 is 34.8 Å². The minimum absolute atomic E-state index is 0.103. The molecule has 0 aliphatic heterocycles. The van der Waals surface area contributed by atoms with Gasteiger partial charge in [0.15, 0.2) is 16.0 Å². The third-order valence-electron chi connectivity index (χ3n) is 4.20. The highest BCUT2D eigenvalue weighted by atomic mass is 35.6. The first-order valence-electron chi connectivity index (χ1n) is 9.02. The Morgan fingerprint density at radius 1 is 0.931 bits per heavy atom. The summed E-state index contributed by atoms with van der Waals surface area (Å²) in [6.45, 7) is 4.03. The molecule has 0 saturated heterocycles. The Bertz CT molecular complexity index is 990. The van der Waals surface area contributed by atoms with Crippen LogP contribution in [0.1, 0.15) is 25.5 Å². The van der Waals surface area contributed by atoms with E-state index in [1.54, 1.807) is 24.3 Å². The van der Waals surface area contributed by atoms with Crippen LogP contribution < -0.4 is 5.11 Å². The van der Waals surface area contributed by atoms with E-state index in [4.69, 9.17) is 39.5 Å². The zero-order valence-electron chi connectivity index (χ0n) is 15.9. The van der Waals surface area contributed by atoms with Crippen molar-refractivity contribution in [2.75, 3.05) is 0 Å². The van der Waals surface area contributed by atoms with E-state index < -0.39 is 27.1 Å². The first kappa shape index (κ1) is 22.1. The van der Waals surface area contributed by atoms with Crippen LogP contribution in [-0.2, 0) is 15.8 Å². The quantitative estimate of drug-likeness (QED) is 0.200. The second-order valence-electron chi connectivity index (χ2n) is 6.68. The van der Waals surface area contributed by atoms with Gasteiger partial charge in [-0.1, -0.05) is 89.4 Å². The smallest absolute Gasteiger partial charge is 0.206 e. The number of fused-ring (bicyclic) bond motifs is 1. The summed E-state index contributed by atoms with van der Waals surface area (Å²) in [5, 5.41) is 15.0. The maximum atomic E-state index is 12.7. The molecule has 0 radical (unpaired) electrons. The van der Waals surface area contributed by atoms with Crippen LogP contribution in [0.15, 0.2) is 82.1 Å². The van der Waals surface area contributed by atoms with Gasteiger partial charge in [0.1, 0.15) is 5.25 Å². The molecule has 7 heteroatoms. The van der Waals surface area contributed by atoms with Crippen molar-refractivity contribution in [3.8, 4) is 0 Å². The van der Waals surface area contributed by atoms with Crippen molar-refractivity contribution in [2.45, 2.75) is 33.9 Å². The number of ether oxygens (including phenoxy) is 1. The van der Waals surface area contributed by atoms with E-state index >= 15 is 0 Å². The molecule has 0 bridgehead atoms. The minimum Gasteiger partial charge on any atom is -0.585 e. The van der Waals surface area contributed by atoms with E-state index in [1.165, 1.54) is 0 Å². The van der Waals surface area contributed by atoms with Crippen molar-refractivity contribution < 1.29 is 9.84 Å². The van der Waals surface area contributed by atoms with Crippen molar-refractivity contribution in [2.24, 2.45) is 4.40 Å². The van der Waals surface area contributed by atoms with Crippen molar-refractivity contribution in [1.29, 1.82) is 0 Å². The zero-order valence-corrected chi connectivity index (χ0v) is 19.0. The molecular weight excluding hydrogens is 449 g/mol. The molecule has 3 aromatic rings. The van der Waals surface area contributed by atoms with Crippen molar-refractivity contribution in [3.63, 3.8) is 0 Å². The molecule has 0 saturated carbocycles. The molecular formula is C22H20Cl3NO2S. The lowest BCUT2D eigenvalue weighted by molar-refractivity contribution is -0.255. The van der Waals surface area contributed by atoms with Gasteiger partial charge in [0.25, 0.3) is 0 Å². The van der Waals surface area contributed by atoms with Crippen LogP contribution in [0.2, 0.25) is 0 Å². The van der Waals surface area contributed by atoms with Crippen LogP contribution in [-0.4, -0.2) is 15.1 Å². The third kappa shape index (κ3) is 5.73. The maximum absolute atomic E-state index is 12.7. The summed E-state index contributed by atoms with van der Waals surface area (Å²) in [7, 11) is 0. The van der Waals surface area contributed by atoms with Gasteiger partial charge in [-0.2, -0.15) is 0 Å². The molecule has 0 amide bonds. The molecule has 2 atom stereocenters. The van der Waals surface area contributed by atoms with Gasteiger partial charge in [0.2, 0.25) is 9.88 Å². The summed E-state index contributed by atoms with van der Waals surface area (Å²) in [5.41, 5.74) is 0.589. The summed E-state index contributed by atoms with van der Waals surface area (Å²) in [6, 6.07) is 23.0. The lowest BCUT2D eigenvalue weighted by Crippen LogP contribution is -2.31. The molecule has 0 spiro atoms. The number of alkyl halides is 3. The zero-order chi connectivity index (χ0) is 21.0. The van der Waals surface area contributed by atoms with Gasteiger partial charge in [-0.15, -0.1) is 0 Å². The van der Waals surface area contributed by atoms with Crippen molar-refractivity contribution in [3.05, 3.63) is 78.4 Å². The van der Waals surface area contributed by atoms with Crippen molar-refractivity contribution in [1.82, 2.24) is 0 Å². The van der Waals surface area contributed by atoms with Gasteiger partial charge in [-0.05, 0) is 46.7 Å². The standard InChI is InChI=1S/C22H20Cl3NO2S/c1-15(2)29(19-13-12-16-8-6-7-11-18(16)14-19)26-21(27)28-20(22(23,24)25)17-9-4-3-5-10-17/h3-15,20H,1-2H3/t20-,29?/m0/s1. The Labute approximate surface area is 188 Å². The Kier molecular flexibility index (Phi) is 7.23. The monoisotopic (exact) mass is 467 g/mol. The van der Waals surface area contributed by atoms with Crippen LogP contribution in [0.3, 0.4) is 0 Å². The highest BCUT2D eigenvalue weighted by Crippen LogP contribution is 2.42. The topological polar surface area (TPSA) is 44.7 Å². The number of hydrogen-bond acceptors (Lipinski definition) is 3. The fraction of sp³-hybridized carbons (Fsp3) is 0.227. The van der Waals surface area contributed by atoms with E-state index in [1.807, 2.05) is 56.3 Å². The van der Waals surface area contributed by atoms with E-state index in [2.05, 4.69) is 10.5 Å². The van der Waals surface area contributed by atoms with E-state index in [9.17, 15) is 5.11 Å². The Hall–Kier alpha value is -1.59. The van der Waals surface area contributed by atoms with Crippen molar-refractivity contribution >= 4 is 62.7 Å². The molecule has 3 aromatic carbocycles. The van der Waals surface area contributed by atoms with E-state index in [0.717, 1.165) is 15.7 Å². The molecule has 0 aliphatic carbocycles. The minimum atomic E-state index is -1.81. The van der Waals surface area contributed by atoms with E-state index in [-0.39, 0.29) is 5.25 Å². The lowest BCUT2D eigenvalue weighted by atomic mass is 10.1. The summed E-state index contributed by atoms with van der Waals surface area (Å²) in [6.07, 6.45) is -1.81. The average molecular weight is 469 g/mol.